The van der Waals surface area contributed by atoms with E-state index in [9.17, 15) is 5.11 Å². The quantitative estimate of drug-likeness (QED) is 0.867. The Balaban J connectivity index is 2.05. The molecule has 0 amide bonds. The summed E-state index contributed by atoms with van der Waals surface area (Å²) in [5, 5.41) is 9.44. The van der Waals surface area contributed by atoms with Crippen molar-refractivity contribution in [3.05, 3.63) is 29.3 Å². The summed E-state index contributed by atoms with van der Waals surface area (Å²) in [6, 6.07) is 6.63. The standard InChI is InChI=1S/C15H23NO2/c1-11(2)14(10-17)16(3)9-12-4-5-15-13(8-12)6-7-18-15/h4-5,8,11,14,17H,6-7,9-10H2,1-3H3. The Morgan fingerprint density at radius 2 is 2.17 bits per heavy atom. The third-order valence-electron chi connectivity index (χ3n) is 3.71. The van der Waals surface area contributed by atoms with Crippen LogP contribution in [0, 0.1) is 5.92 Å². The molecule has 0 spiro atoms. The van der Waals surface area contributed by atoms with Crippen LogP contribution in [-0.4, -0.2) is 36.3 Å². The molecule has 18 heavy (non-hydrogen) atoms. The Morgan fingerprint density at radius 3 is 2.83 bits per heavy atom. The van der Waals surface area contributed by atoms with Crippen molar-refractivity contribution in [2.75, 3.05) is 20.3 Å². The number of nitrogens with zero attached hydrogens (tertiary/aromatic N) is 1. The van der Waals surface area contributed by atoms with Crippen LogP contribution in [0.3, 0.4) is 0 Å². The van der Waals surface area contributed by atoms with Gasteiger partial charge in [0.2, 0.25) is 0 Å². The summed E-state index contributed by atoms with van der Waals surface area (Å²) in [7, 11) is 2.07. The van der Waals surface area contributed by atoms with Crippen molar-refractivity contribution in [2.24, 2.45) is 5.92 Å². The lowest BCUT2D eigenvalue weighted by Crippen LogP contribution is -2.38. The molecule has 1 aromatic rings. The van der Waals surface area contributed by atoms with Crippen LogP contribution in [0.25, 0.3) is 0 Å². The largest absolute Gasteiger partial charge is 0.493 e. The molecule has 1 aliphatic heterocycles. The number of hydrogen-bond acceptors (Lipinski definition) is 3. The number of hydrogen-bond donors (Lipinski definition) is 1. The number of fused-ring (bicyclic) bond motifs is 1. The Bertz CT molecular complexity index is 403. The highest BCUT2D eigenvalue weighted by Gasteiger charge is 2.18. The highest BCUT2D eigenvalue weighted by atomic mass is 16.5. The van der Waals surface area contributed by atoms with Crippen molar-refractivity contribution in [3.8, 4) is 5.75 Å². The second-order valence-corrected chi connectivity index (χ2v) is 5.45. The van der Waals surface area contributed by atoms with Gasteiger partial charge < -0.3 is 9.84 Å². The lowest BCUT2D eigenvalue weighted by Gasteiger charge is -2.29. The minimum absolute atomic E-state index is 0.211. The molecule has 1 aliphatic rings. The van der Waals surface area contributed by atoms with E-state index < -0.39 is 0 Å². The zero-order valence-electron chi connectivity index (χ0n) is 11.5. The number of ether oxygens (including phenoxy) is 1. The van der Waals surface area contributed by atoms with Gasteiger partial charge in [-0.2, -0.15) is 0 Å². The van der Waals surface area contributed by atoms with Crippen LogP contribution < -0.4 is 4.74 Å². The summed E-state index contributed by atoms with van der Waals surface area (Å²) >= 11 is 0. The second kappa shape index (κ2) is 5.72. The molecule has 1 atom stereocenters. The van der Waals surface area contributed by atoms with Gasteiger partial charge in [-0.3, -0.25) is 4.90 Å². The van der Waals surface area contributed by atoms with Gasteiger partial charge in [-0.05, 0) is 30.2 Å². The van der Waals surface area contributed by atoms with Crippen molar-refractivity contribution >= 4 is 0 Å². The predicted molar refractivity (Wildman–Crippen MR) is 72.8 cm³/mol. The Kier molecular flexibility index (Phi) is 4.25. The van der Waals surface area contributed by atoms with Crippen LogP contribution in [0.4, 0.5) is 0 Å². The molecule has 0 fully saturated rings. The van der Waals surface area contributed by atoms with E-state index in [0.29, 0.717) is 5.92 Å². The number of rotatable bonds is 5. The predicted octanol–water partition coefficient (Wildman–Crippen LogP) is 2.07. The van der Waals surface area contributed by atoms with Gasteiger partial charge in [0.25, 0.3) is 0 Å². The first-order chi connectivity index (χ1) is 8.61. The molecule has 3 nitrogen and oxygen atoms in total. The van der Waals surface area contributed by atoms with Crippen LogP contribution in [0.1, 0.15) is 25.0 Å². The topological polar surface area (TPSA) is 32.7 Å². The number of aliphatic hydroxyl groups excluding tert-OH is 1. The molecule has 1 aromatic carbocycles. The summed E-state index contributed by atoms with van der Waals surface area (Å²) in [5.74, 6) is 1.49. The summed E-state index contributed by atoms with van der Waals surface area (Å²) in [6.45, 7) is 6.18. The number of aliphatic hydroxyl groups is 1. The number of benzene rings is 1. The molecule has 1 N–H and O–H groups in total. The molecule has 100 valence electrons. The van der Waals surface area contributed by atoms with Gasteiger partial charge >= 0.3 is 0 Å². The zero-order chi connectivity index (χ0) is 13.1. The van der Waals surface area contributed by atoms with Gasteiger partial charge in [-0.15, -0.1) is 0 Å². The Labute approximate surface area is 109 Å². The van der Waals surface area contributed by atoms with Crippen molar-refractivity contribution in [2.45, 2.75) is 32.9 Å². The number of likely N-dealkylation sites (N-methyl/N-ethyl adjacent to an activating group) is 1. The van der Waals surface area contributed by atoms with Crippen molar-refractivity contribution < 1.29 is 9.84 Å². The van der Waals surface area contributed by atoms with Gasteiger partial charge in [0, 0.05) is 19.0 Å². The van der Waals surface area contributed by atoms with E-state index in [4.69, 9.17) is 4.74 Å². The van der Waals surface area contributed by atoms with Gasteiger partial charge in [0.05, 0.1) is 13.2 Å². The fraction of sp³-hybridized carbons (Fsp3) is 0.600. The molecule has 0 aromatic heterocycles. The van der Waals surface area contributed by atoms with E-state index >= 15 is 0 Å². The van der Waals surface area contributed by atoms with Crippen LogP contribution in [0.15, 0.2) is 18.2 Å². The van der Waals surface area contributed by atoms with Gasteiger partial charge in [0.1, 0.15) is 5.75 Å². The maximum atomic E-state index is 9.44. The molecule has 0 saturated carbocycles. The minimum atomic E-state index is 0.211. The van der Waals surface area contributed by atoms with E-state index in [1.807, 2.05) is 0 Å². The van der Waals surface area contributed by atoms with Gasteiger partial charge in [-0.25, -0.2) is 0 Å². The molecular formula is C15H23NO2. The van der Waals surface area contributed by atoms with Crippen molar-refractivity contribution in [1.29, 1.82) is 0 Å². The fourth-order valence-corrected chi connectivity index (χ4v) is 2.60. The highest BCUT2D eigenvalue weighted by molar-refractivity contribution is 5.39. The van der Waals surface area contributed by atoms with E-state index in [1.54, 1.807) is 0 Å². The fourth-order valence-electron chi connectivity index (χ4n) is 2.60. The van der Waals surface area contributed by atoms with Crippen molar-refractivity contribution in [3.63, 3.8) is 0 Å². The third kappa shape index (κ3) is 2.85. The summed E-state index contributed by atoms with van der Waals surface area (Å²) in [6.07, 6.45) is 1.01. The second-order valence-electron chi connectivity index (χ2n) is 5.45. The van der Waals surface area contributed by atoms with Crippen LogP contribution in [0.2, 0.25) is 0 Å². The zero-order valence-corrected chi connectivity index (χ0v) is 11.5. The van der Waals surface area contributed by atoms with Gasteiger partial charge in [0.15, 0.2) is 0 Å². The Hall–Kier alpha value is -1.06. The molecule has 0 bridgehead atoms. The molecule has 1 heterocycles. The monoisotopic (exact) mass is 249 g/mol. The maximum Gasteiger partial charge on any atom is 0.122 e. The smallest absolute Gasteiger partial charge is 0.122 e. The Morgan fingerprint density at radius 1 is 1.39 bits per heavy atom. The first-order valence-corrected chi connectivity index (χ1v) is 6.67. The minimum Gasteiger partial charge on any atom is -0.493 e. The van der Waals surface area contributed by atoms with E-state index in [0.717, 1.165) is 25.3 Å². The molecule has 0 aliphatic carbocycles. The molecule has 2 rings (SSSR count). The first kappa shape index (κ1) is 13.4. The first-order valence-electron chi connectivity index (χ1n) is 6.67. The maximum absolute atomic E-state index is 9.44. The van der Waals surface area contributed by atoms with E-state index in [1.165, 1.54) is 11.1 Å². The molecule has 1 unspecified atom stereocenters. The van der Waals surface area contributed by atoms with E-state index in [-0.39, 0.29) is 12.6 Å². The average molecular weight is 249 g/mol. The molecule has 0 radical (unpaired) electrons. The van der Waals surface area contributed by atoms with E-state index in [2.05, 4.69) is 44.0 Å². The van der Waals surface area contributed by atoms with Crippen LogP contribution >= 0.6 is 0 Å². The average Bonchev–Trinajstić information content (AvgIpc) is 2.76. The van der Waals surface area contributed by atoms with Gasteiger partial charge in [-0.1, -0.05) is 26.0 Å². The SMILES string of the molecule is CC(C)C(CO)N(C)Cc1ccc2c(c1)CCO2. The normalized spacial score (nSPS) is 15.9. The summed E-state index contributed by atoms with van der Waals surface area (Å²) < 4.78 is 5.51. The van der Waals surface area contributed by atoms with Crippen LogP contribution in [0.5, 0.6) is 5.75 Å². The summed E-state index contributed by atoms with van der Waals surface area (Å²) in [5.41, 5.74) is 2.60. The van der Waals surface area contributed by atoms with Crippen molar-refractivity contribution in [1.82, 2.24) is 4.90 Å². The third-order valence-corrected chi connectivity index (χ3v) is 3.71. The molecule has 3 heteroatoms. The lowest BCUT2D eigenvalue weighted by atomic mass is 10.0. The lowest BCUT2D eigenvalue weighted by molar-refractivity contribution is 0.108. The molecule has 0 saturated heterocycles. The molecular weight excluding hydrogens is 226 g/mol. The summed E-state index contributed by atoms with van der Waals surface area (Å²) in [4.78, 5) is 2.22. The highest BCUT2D eigenvalue weighted by Crippen LogP contribution is 2.26. The van der Waals surface area contributed by atoms with Crippen LogP contribution in [-0.2, 0) is 13.0 Å².